The van der Waals surface area contributed by atoms with Crippen molar-refractivity contribution in [2.75, 3.05) is 0 Å². The molecule has 41 heavy (non-hydrogen) atoms. The molecule has 5 heteroatoms. The zero-order valence-electron chi connectivity index (χ0n) is 24.7. The molecule has 0 N–H and O–H groups in total. The van der Waals surface area contributed by atoms with E-state index in [0.717, 1.165) is 27.9 Å². The zero-order chi connectivity index (χ0) is 29.3. The second kappa shape index (κ2) is 11.2. The number of aromatic nitrogens is 2. The number of benzene rings is 4. The van der Waals surface area contributed by atoms with Gasteiger partial charge in [-0.05, 0) is 84.8 Å². The SMILES string of the molecule is Cc1ccc(-n2c(C(C)N(Cc3ccccc3)C(=O)c3ccc(C(C)(C)C)cc3)nc3ccccc3c2=O)cc1C. The Labute approximate surface area is 242 Å². The summed E-state index contributed by atoms with van der Waals surface area (Å²) < 4.78 is 1.67. The molecule has 5 aromatic rings. The van der Waals surface area contributed by atoms with Gasteiger partial charge in [-0.15, -0.1) is 0 Å². The summed E-state index contributed by atoms with van der Waals surface area (Å²) in [5.74, 6) is 0.406. The van der Waals surface area contributed by atoms with E-state index in [2.05, 4.69) is 27.7 Å². The van der Waals surface area contributed by atoms with Crippen molar-refractivity contribution in [3.8, 4) is 5.69 Å². The lowest BCUT2D eigenvalue weighted by molar-refractivity contribution is 0.0664. The van der Waals surface area contributed by atoms with Gasteiger partial charge in [0.05, 0.1) is 22.6 Å². The molecule has 1 atom stereocenters. The quantitative estimate of drug-likeness (QED) is 0.220. The van der Waals surface area contributed by atoms with Crippen LogP contribution < -0.4 is 5.56 Å². The highest BCUT2D eigenvalue weighted by Gasteiger charge is 2.28. The number of hydrogen-bond acceptors (Lipinski definition) is 3. The molecule has 1 aromatic heterocycles. The summed E-state index contributed by atoms with van der Waals surface area (Å²) in [7, 11) is 0. The summed E-state index contributed by atoms with van der Waals surface area (Å²) >= 11 is 0. The number of carbonyl (C=O) groups excluding carboxylic acids is 1. The zero-order valence-corrected chi connectivity index (χ0v) is 24.7. The van der Waals surface area contributed by atoms with Crippen LogP contribution in [0.3, 0.4) is 0 Å². The van der Waals surface area contributed by atoms with Gasteiger partial charge in [-0.25, -0.2) is 4.98 Å². The molecule has 4 aromatic carbocycles. The third kappa shape index (κ3) is 5.71. The molecule has 1 unspecified atom stereocenters. The van der Waals surface area contributed by atoms with E-state index in [1.807, 2.05) is 110 Å². The van der Waals surface area contributed by atoms with Gasteiger partial charge in [-0.2, -0.15) is 0 Å². The summed E-state index contributed by atoms with van der Waals surface area (Å²) in [6.07, 6.45) is 0. The minimum atomic E-state index is -0.510. The van der Waals surface area contributed by atoms with Crippen molar-refractivity contribution in [2.45, 2.75) is 59.5 Å². The lowest BCUT2D eigenvalue weighted by Gasteiger charge is -2.31. The molecule has 1 amide bonds. The Kier molecular flexibility index (Phi) is 7.63. The van der Waals surface area contributed by atoms with Crippen molar-refractivity contribution in [1.29, 1.82) is 0 Å². The molecule has 0 spiro atoms. The summed E-state index contributed by atoms with van der Waals surface area (Å²) in [6, 6.07) is 30.7. The standard InChI is InChI=1S/C36H37N3O2/c1-24-16-21-30(22-25(24)2)39-33(37-32-15-11-10-14-31(32)35(39)41)26(3)38(23-27-12-8-7-9-13-27)34(40)28-17-19-29(20-18-28)36(4,5)6/h7-22,26H,23H2,1-6H3. The highest BCUT2D eigenvalue weighted by molar-refractivity contribution is 5.94. The molecule has 5 rings (SSSR count). The lowest BCUT2D eigenvalue weighted by atomic mass is 9.86. The van der Waals surface area contributed by atoms with Crippen LogP contribution in [0.15, 0.2) is 102 Å². The molecule has 0 fully saturated rings. The van der Waals surface area contributed by atoms with E-state index < -0.39 is 6.04 Å². The number of aryl methyl sites for hydroxylation is 2. The molecule has 0 aliphatic heterocycles. The summed E-state index contributed by atoms with van der Waals surface area (Å²) in [6.45, 7) is 12.9. The van der Waals surface area contributed by atoms with Gasteiger partial charge in [0.25, 0.3) is 11.5 Å². The van der Waals surface area contributed by atoms with Crippen LogP contribution in [0, 0.1) is 13.8 Å². The maximum absolute atomic E-state index is 14.2. The fraction of sp³-hybridized carbons (Fsp3) is 0.250. The van der Waals surface area contributed by atoms with Gasteiger partial charge in [0.2, 0.25) is 0 Å². The van der Waals surface area contributed by atoms with Gasteiger partial charge in [0, 0.05) is 12.1 Å². The smallest absolute Gasteiger partial charge is 0.266 e. The van der Waals surface area contributed by atoms with Crippen molar-refractivity contribution in [3.05, 3.63) is 141 Å². The van der Waals surface area contributed by atoms with Gasteiger partial charge in [-0.3, -0.25) is 14.2 Å². The van der Waals surface area contributed by atoms with Gasteiger partial charge < -0.3 is 4.90 Å². The predicted molar refractivity (Wildman–Crippen MR) is 167 cm³/mol. The molecule has 5 nitrogen and oxygen atoms in total. The summed E-state index contributed by atoms with van der Waals surface area (Å²) in [5, 5.41) is 0.542. The second-order valence-corrected chi connectivity index (χ2v) is 11.8. The van der Waals surface area contributed by atoms with Crippen LogP contribution in [-0.2, 0) is 12.0 Å². The van der Waals surface area contributed by atoms with Crippen molar-refractivity contribution < 1.29 is 4.79 Å². The number of nitrogens with zero attached hydrogens (tertiary/aromatic N) is 3. The van der Waals surface area contributed by atoms with Gasteiger partial charge in [0.1, 0.15) is 5.82 Å². The summed E-state index contributed by atoms with van der Waals surface area (Å²) in [4.78, 5) is 35.1. The highest BCUT2D eigenvalue weighted by atomic mass is 16.2. The van der Waals surface area contributed by atoms with E-state index in [9.17, 15) is 9.59 Å². The predicted octanol–water partition coefficient (Wildman–Crippen LogP) is 7.70. The van der Waals surface area contributed by atoms with Crippen LogP contribution in [0.1, 0.15) is 72.2 Å². The fourth-order valence-electron chi connectivity index (χ4n) is 5.13. The Balaban J connectivity index is 1.68. The number of para-hydroxylation sites is 1. The number of rotatable bonds is 6. The van der Waals surface area contributed by atoms with E-state index >= 15 is 0 Å². The maximum atomic E-state index is 14.2. The summed E-state index contributed by atoms with van der Waals surface area (Å²) in [5.41, 5.74) is 6.17. The van der Waals surface area contributed by atoms with Crippen LogP contribution in [0.2, 0.25) is 0 Å². The average molecular weight is 544 g/mol. The molecule has 0 aliphatic rings. The number of amides is 1. The molecular weight excluding hydrogens is 506 g/mol. The van der Waals surface area contributed by atoms with E-state index in [1.54, 1.807) is 10.6 Å². The molecule has 0 saturated carbocycles. The molecule has 0 saturated heterocycles. The Bertz CT molecular complexity index is 1760. The third-order valence-corrected chi connectivity index (χ3v) is 7.85. The largest absolute Gasteiger partial charge is 0.324 e. The molecule has 208 valence electrons. The first-order valence-electron chi connectivity index (χ1n) is 14.1. The Morgan fingerprint density at radius 2 is 1.51 bits per heavy atom. The van der Waals surface area contributed by atoms with Crippen molar-refractivity contribution in [2.24, 2.45) is 0 Å². The van der Waals surface area contributed by atoms with Gasteiger partial charge in [-0.1, -0.05) is 81.4 Å². The fourth-order valence-corrected chi connectivity index (χ4v) is 5.13. The number of hydrogen-bond donors (Lipinski definition) is 0. The Hall–Kier alpha value is -4.51. The number of carbonyl (C=O) groups is 1. The first-order chi connectivity index (χ1) is 19.5. The van der Waals surface area contributed by atoms with E-state index in [1.165, 1.54) is 0 Å². The Morgan fingerprint density at radius 1 is 0.854 bits per heavy atom. The normalized spacial score (nSPS) is 12.3. The first kappa shape index (κ1) is 28.0. The van der Waals surface area contributed by atoms with Crippen LogP contribution in [0.4, 0.5) is 0 Å². The number of fused-ring (bicyclic) bond motifs is 1. The molecule has 1 heterocycles. The van der Waals surface area contributed by atoms with Crippen LogP contribution in [-0.4, -0.2) is 20.4 Å². The van der Waals surface area contributed by atoms with E-state index in [-0.39, 0.29) is 16.9 Å². The van der Waals surface area contributed by atoms with Gasteiger partial charge >= 0.3 is 0 Å². The van der Waals surface area contributed by atoms with Crippen LogP contribution in [0.25, 0.3) is 16.6 Å². The van der Waals surface area contributed by atoms with Crippen LogP contribution in [0.5, 0.6) is 0 Å². The van der Waals surface area contributed by atoms with Gasteiger partial charge in [0.15, 0.2) is 0 Å². The minimum absolute atomic E-state index is 0.0180. The van der Waals surface area contributed by atoms with E-state index in [4.69, 9.17) is 4.98 Å². The average Bonchev–Trinajstić information content (AvgIpc) is 2.97. The topological polar surface area (TPSA) is 55.2 Å². The lowest BCUT2D eigenvalue weighted by Crippen LogP contribution is -2.37. The van der Waals surface area contributed by atoms with Crippen molar-refractivity contribution in [3.63, 3.8) is 0 Å². The maximum Gasteiger partial charge on any atom is 0.266 e. The third-order valence-electron chi connectivity index (χ3n) is 7.85. The molecule has 0 aliphatic carbocycles. The van der Waals surface area contributed by atoms with Crippen molar-refractivity contribution >= 4 is 16.8 Å². The molecular formula is C36H37N3O2. The molecule has 0 radical (unpaired) electrons. The molecule has 0 bridgehead atoms. The van der Waals surface area contributed by atoms with E-state index in [0.29, 0.717) is 28.8 Å². The monoisotopic (exact) mass is 543 g/mol. The first-order valence-corrected chi connectivity index (χ1v) is 14.1. The van der Waals surface area contributed by atoms with Crippen molar-refractivity contribution in [1.82, 2.24) is 14.5 Å². The minimum Gasteiger partial charge on any atom is -0.324 e. The Morgan fingerprint density at radius 3 is 2.17 bits per heavy atom. The second-order valence-electron chi connectivity index (χ2n) is 11.8. The van der Waals surface area contributed by atoms with Crippen LogP contribution >= 0.6 is 0 Å². The highest BCUT2D eigenvalue weighted by Crippen LogP contribution is 2.28.